The molecule has 6 heteroatoms. The fourth-order valence-electron chi connectivity index (χ4n) is 2.26. The lowest BCUT2D eigenvalue weighted by Crippen LogP contribution is -2.39. The third kappa shape index (κ3) is 5.32. The van der Waals surface area contributed by atoms with Gasteiger partial charge in [-0.15, -0.1) is 11.8 Å². The highest BCUT2D eigenvalue weighted by molar-refractivity contribution is 7.98. The molecule has 0 unspecified atom stereocenters. The summed E-state index contributed by atoms with van der Waals surface area (Å²) in [6, 6.07) is 9.70. The van der Waals surface area contributed by atoms with E-state index in [1.807, 2.05) is 0 Å². The molecule has 128 valence electrons. The minimum atomic E-state index is -0.964. The third-order valence-electron chi connectivity index (χ3n) is 3.26. The second-order valence-electron chi connectivity index (χ2n) is 6.24. The molecule has 0 saturated carbocycles. The topological polar surface area (TPSA) is 53.4 Å². The van der Waals surface area contributed by atoms with E-state index in [1.54, 1.807) is 51.4 Å². The smallest absolute Gasteiger partial charge is 0.256 e. The summed E-state index contributed by atoms with van der Waals surface area (Å²) >= 11 is 1.43. The van der Waals surface area contributed by atoms with Gasteiger partial charge in [0, 0.05) is 25.5 Å². The van der Waals surface area contributed by atoms with Crippen LogP contribution in [0.2, 0.25) is 0 Å². The van der Waals surface area contributed by atoms with Crippen molar-refractivity contribution in [1.82, 2.24) is 9.88 Å². The van der Waals surface area contributed by atoms with Crippen molar-refractivity contribution in [1.29, 1.82) is 0 Å². The van der Waals surface area contributed by atoms with Crippen molar-refractivity contribution in [2.75, 3.05) is 13.6 Å². The van der Waals surface area contributed by atoms with Crippen molar-refractivity contribution in [2.45, 2.75) is 30.2 Å². The van der Waals surface area contributed by atoms with Crippen LogP contribution in [-0.2, 0) is 5.75 Å². The molecule has 1 aromatic carbocycles. The van der Waals surface area contributed by atoms with E-state index < -0.39 is 5.60 Å². The number of likely N-dealkylation sites (N-methyl/N-ethyl adjacent to an activating group) is 1. The molecule has 1 N–H and O–H groups in total. The van der Waals surface area contributed by atoms with Crippen LogP contribution in [-0.4, -0.2) is 40.1 Å². The van der Waals surface area contributed by atoms with E-state index in [4.69, 9.17) is 0 Å². The number of carbonyl (C=O) groups is 1. The van der Waals surface area contributed by atoms with Crippen molar-refractivity contribution in [3.63, 3.8) is 0 Å². The molecule has 0 aliphatic rings. The van der Waals surface area contributed by atoms with Gasteiger partial charge in [0.1, 0.15) is 10.8 Å². The first-order chi connectivity index (χ1) is 11.3. The molecule has 0 aliphatic heterocycles. The van der Waals surface area contributed by atoms with Gasteiger partial charge in [0.2, 0.25) is 0 Å². The van der Waals surface area contributed by atoms with Gasteiger partial charge in [-0.25, -0.2) is 9.37 Å². The summed E-state index contributed by atoms with van der Waals surface area (Å²) in [5.74, 6) is 0.129. The molecule has 2 rings (SSSR count). The largest absolute Gasteiger partial charge is 0.389 e. The maximum Gasteiger partial charge on any atom is 0.256 e. The molecule has 0 bridgehead atoms. The minimum absolute atomic E-state index is 0.188. The normalized spacial score (nSPS) is 11.4. The molecule has 2 aromatic rings. The number of benzene rings is 1. The lowest BCUT2D eigenvalue weighted by molar-refractivity contribution is 0.0365. The maximum absolute atomic E-state index is 13.0. The van der Waals surface area contributed by atoms with Gasteiger partial charge in [-0.3, -0.25) is 4.79 Å². The van der Waals surface area contributed by atoms with E-state index in [2.05, 4.69) is 4.98 Å². The van der Waals surface area contributed by atoms with Gasteiger partial charge in [0.05, 0.1) is 11.2 Å². The first-order valence-electron chi connectivity index (χ1n) is 7.56. The average Bonchev–Trinajstić information content (AvgIpc) is 2.52. The van der Waals surface area contributed by atoms with Crippen molar-refractivity contribution >= 4 is 17.7 Å². The monoisotopic (exact) mass is 348 g/mol. The van der Waals surface area contributed by atoms with E-state index in [-0.39, 0.29) is 18.3 Å². The zero-order valence-corrected chi connectivity index (χ0v) is 14.8. The quantitative estimate of drug-likeness (QED) is 0.814. The maximum atomic E-state index is 13.0. The number of aromatic nitrogens is 1. The number of rotatable bonds is 6. The second-order valence-corrected chi connectivity index (χ2v) is 7.21. The summed E-state index contributed by atoms with van der Waals surface area (Å²) in [4.78, 5) is 18.4. The number of nitrogens with zero attached hydrogens (tertiary/aromatic N) is 2. The highest BCUT2D eigenvalue weighted by Crippen LogP contribution is 2.25. The van der Waals surface area contributed by atoms with Crippen molar-refractivity contribution in [3.8, 4) is 0 Å². The zero-order chi connectivity index (χ0) is 17.7. The van der Waals surface area contributed by atoms with Gasteiger partial charge in [-0.05, 0) is 43.7 Å². The van der Waals surface area contributed by atoms with E-state index >= 15 is 0 Å². The molecule has 0 atom stereocenters. The predicted octanol–water partition coefficient (Wildman–Crippen LogP) is 3.36. The van der Waals surface area contributed by atoms with Crippen molar-refractivity contribution < 1.29 is 14.3 Å². The second kappa shape index (κ2) is 7.77. The van der Waals surface area contributed by atoms with Gasteiger partial charge in [-0.1, -0.05) is 12.1 Å². The number of amides is 1. The lowest BCUT2D eigenvalue weighted by Gasteiger charge is -2.26. The van der Waals surface area contributed by atoms with Crippen molar-refractivity contribution in [3.05, 3.63) is 59.5 Å². The summed E-state index contributed by atoms with van der Waals surface area (Å²) in [5.41, 5.74) is 0.486. The number of hydrogen-bond donors (Lipinski definition) is 1. The molecule has 4 nitrogen and oxygen atoms in total. The van der Waals surface area contributed by atoms with Crippen molar-refractivity contribution in [2.24, 2.45) is 0 Å². The Labute approximate surface area is 145 Å². The number of pyridine rings is 1. The predicted molar refractivity (Wildman–Crippen MR) is 93.5 cm³/mol. The third-order valence-corrected chi connectivity index (χ3v) is 4.34. The molecule has 24 heavy (non-hydrogen) atoms. The molecule has 0 radical (unpaired) electrons. The van der Waals surface area contributed by atoms with Crippen LogP contribution in [0.4, 0.5) is 4.39 Å². The Morgan fingerprint density at radius 2 is 1.96 bits per heavy atom. The first-order valence-corrected chi connectivity index (χ1v) is 8.55. The van der Waals surface area contributed by atoms with Crippen LogP contribution < -0.4 is 0 Å². The Hall–Kier alpha value is -1.92. The molecule has 0 fully saturated rings. The lowest BCUT2D eigenvalue weighted by atomic mass is 10.1. The van der Waals surface area contributed by atoms with E-state index in [1.165, 1.54) is 28.8 Å². The van der Waals surface area contributed by atoms with Gasteiger partial charge < -0.3 is 10.0 Å². The first kappa shape index (κ1) is 18.4. The fraction of sp³-hybridized carbons (Fsp3) is 0.333. The number of hydrogen-bond acceptors (Lipinski definition) is 4. The highest BCUT2D eigenvalue weighted by atomic mass is 32.2. The summed E-state index contributed by atoms with van der Waals surface area (Å²) < 4.78 is 13.0. The van der Waals surface area contributed by atoms with Gasteiger partial charge >= 0.3 is 0 Å². The van der Waals surface area contributed by atoms with Gasteiger partial charge in [-0.2, -0.15) is 0 Å². The Kier molecular flexibility index (Phi) is 5.96. The van der Waals surface area contributed by atoms with Crippen LogP contribution >= 0.6 is 11.8 Å². The summed E-state index contributed by atoms with van der Waals surface area (Å²) in [6.45, 7) is 3.54. The van der Waals surface area contributed by atoms with Crippen LogP contribution in [0, 0.1) is 5.82 Å². The highest BCUT2D eigenvalue weighted by Gasteiger charge is 2.22. The molecular formula is C18H21FN2O2S. The molecule has 1 aromatic heterocycles. The zero-order valence-electron chi connectivity index (χ0n) is 14.0. The van der Waals surface area contributed by atoms with Crippen LogP contribution in [0.5, 0.6) is 0 Å². The molecule has 1 heterocycles. The van der Waals surface area contributed by atoms with Crippen LogP contribution in [0.15, 0.2) is 47.6 Å². The SMILES string of the molecule is CN(CC(C)(C)O)C(=O)c1cccnc1SCc1ccc(F)cc1. The Balaban J connectivity index is 2.11. The number of thioether (sulfide) groups is 1. The molecule has 0 spiro atoms. The van der Waals surface area contributed by atoms with Crippen LogP contribution in [0.25, 0.3) is 0 Å². The van der Waals surface area contributed by atoms with Gasteiger partial charge in [0.15, 0.2) is 0 Å². The molecule has 0 saturated heterocycles. The van der Waals surface area contributed by atoms with Gasteiger partial charge in [0.25, 0.3) is 5.91 Å². The Bertz CT molecular complexity index is 699. The number of aliphatic hydroxyl groups is 1. The van der Waals surface area contributed by atoms with E-state index in [9.17, 15) is 14.3 Å². The molecular weight excluding hydrogens is 327 g/mol. The average molecular weight is 348 g/mol. The molecule has 1 amide bonds. The van der Waals surface area contributed by atoms with Crippen LogP contribution in [0.3, 0.4) is 0 Å². The number of carbonyl (C=O) groups excluding carboxylic acids is 1. The summed E-state index contributed by atoms with van der Waals surface area (Å²) in [7, 11) is 1.65. The summed E-state index contributed by atoms with van der Waals surface area (Å²) in [6.07, 6.45) is 1.64. The Morgan fingerprint density at radius 3 is 2.58 bits per heavy atom. The summed E-state index contributed by atoms with van der Waals surface area (Å²) in [5, 5.41) is 10.5. The fourth-order valence-corrected chi connectivity index (χ4v) is 3.20. The molecule has 0 aliphatic carbocycles. The minimum Gasteiger partial charge on any atom is -0.389 e. The van der Waals surface area contributed by atoms with Crippen LogP contribution in [0.1, 0.15) is 29.8 Å². The van der Waals surface area contributed by atoms with E-state index in [0.29, 0.717) is 16.3 Å². The number of halogens is 1. The standard InChI is InChI=1S/C18H21FN2O2S/c1-18(2,23)12-21(3)17(22)15-5-4-10-20-16(15)24-11-13-6-8-14(19)9-7-13/h4-10,23H,11-12H2,1-3H3. The Morgan fingerprint density at radius 1 is 1.29 bits per heavy atom. The van der Waals surface area contributed by atoms with E-state index in [0.717, 1.165) is 5.56 Å².